The van der Waals surface area contributed by atoms with Crippen molar-refractivity contribution in [2.24, 2.45) is 0 Å². The summed E-state index contributed by atoms with van der Waals surface area (Å²) in [5.74, 6) is 0. The molecule has 11 rings (SSSR count). The number of hydrogen-bond acceptors (Lipinski definition) is 0. The largest absolute Gasteiger partial charge is 0.0616 e. The molecule has 56 heavy (non-hydrogen) atoms. The Bertz CT molecular complexity index is 3250. The van der Waals surface area contributed by atoms with Gasteiger partial charge in [0.05, 0.1) is 0 Å². The quantitative estimate of drug-likeness (QED) is 0.156. The Morgan fingerprint density at radius 2 is 0.554 bits per heavy atom. The molecule has 0 heterocycles. The molecule has 0 aromatic heterocycles. The van der Waals surface area contributed by atoms with E-state index in [0.717, 1.165) is 0 Å². The summed E-state index contributed by atoms with van der Waals surface area (Å²) in [6.45, 7) is 0. The molecule has 260 valence electrons. The second kappa shape index (κ2) is 13.2. The van der Waals surface area contributed by atoms with Gasteiger partial charge in [-0.05, 0) is 134 Å². The fourth-order valence-corrected chi connectivity index (χ4v) is 8.98. The molecule has 0 nitrogen and oxygen atoms in total. The molecule has 0 fully saturated rings. The highest BCUT2D eigenvalue weighted by atomic mass is 14.2. The van der Waals surface area contributed by atoms with Gasteiger partial charge < -0.3 is 0 Å². The maximum absolute atomic E-state index is 2.41. The zero-order valence-electron chi connectivity index (χ0n) is 30.8. The molecule has 0 amide bonds. The Morgan fingerprint density at radius 1 is 0.179 bits per heavy atom. The van der Waals surface area contributed by atoms with Crippen molar-refractivity contribution in [1.29, 1.82) is 0 Å². The average molecular weight is 709 g/mol. The zero-order valence-corrected chi connectivity index (χ0v) is 30.8. The Labute approximate surface area is 326 Å². The van der Waals surface area contributed by atoms with Crippen LogP contribution in [0.25, 0.3) is 109 Å². The summed E-state index contributed by atoms with van der Waals surface area (Å²) in [5.41, 5.74) is 12.3. The van der Waals surface area contributed by atoms with Gasteiger partial charge in [0.2, 0.25) is 0 Å². The molecule has 0 radical (unpaired) electrons. The van der Waals surface area contributed by atoms with E-state index in [1.54, 1.807) is 0 Å². The van der Waals surface area contributed by atoms with Crippen LogP contribution in [0.3, 0.4) is 0 Å². The number of benzene rings is 11. The van der Waals surface area contributed by atoms with Gasteiger partial charge in [-0.25, -0.2) is 0 Å². The zero-order chi connectivity index (χ0) is 37.0. The SMILES string of the molecule is c1cc(-c2ccc3ccccc3c2)cc(-c2c3ccccc3c(-c3cccc(-c4ccc5ccccc5c4-c4ccc5ccccc5c4)c3)c3ccccc23)c1. The molecule has 0 heteroatoms. The summed E-state index contributed by atoms with van der Waals surface area (Å²) >= 11 is 0. The fraction of sp³-hybridized carbons (Fsp3) is 0. The highest BCUT2D eigenvalue weighted by molar-refractivity contribution is 6.21. The molecule has 11 aromatic carbocycles. The monoisotopic (exact) mass is 708 g/mol. The summed E-state index contributed by atoms with van der Waals surface area (Å²) in [4.78, 5) is 0. The van der Waals surface area contributed by atoms with Crippen molar-refractivity contribution in [2.75, 3.05) is 0 Å². The van der Waals surface area contributed by atoms with Gasteiger partial charge in [0.1, 0.15) is 0 Å². The van der Waals surface area contributed by atoms with Crippen molar-refractivity contribution >= 4 is 53.9 Å². The minimum absolute atomic E-state index is 1.21. The third-order valence-electron chi connectivity index (χ3n) is 11.6. The minimum Gasteiger partial charge on any atom is -0.0616 e. The predicted molar refractivity (Wildman–Crippen MR) is 241 cm³/mol. The average Bonchev–Trinajstić information content (AvgIpc) is 3.27. The van der Waals surface area contributed by atoms with Crippen molar-refractivity contribution in [3.8, 4) is 55.6 Å². The number of fused-ring (bicyclic) bond motifs is 5. The highest BCUT2D eigenvalue weighted by Crippen LogP contribution is 2.46. The van der Waals surface area contributed by atoms with Crippen LogP contribution in [-0.2, 0) is 0 Å². The van der Waals surface area contributed by atoms with E-state index in [1.165, 1.54) is 109 Å². The smallest absolute Gasteiger partial charge is 0.00262 e. The first-order valence-electron chi connectivity index (χ1n) is 19.4. The highest BCUT2D eigenvalue weighted by Gasteiger charge is 2.19. The van der Waals surface area contributed by atoms with Crippen LogP contribution in [0.15, 0.2) is 218 Å². The second-order valence-electron chi connectivity index (χ2n) is 14.8. The van der Waals surface area contributed by atoms with Gasteiger partial charge in [-0.3, -0.25) is 0 Å². The summed E-state index contributed by atoms with van der Waals surface area (Å²) in [6.07, 6.45) is 0. The van der Waals surface area contributed by atoms with Gasteiger partial charge in [0.15, 0.2) is 0 Å². The lowest BCUT2D eigenvalue weighted by atomic mass is 9.84. The normalized spacial score (nSPS) is 11.6. The molecule has 0 spiro atoms. The van der Waals surface area contributed by atoms with Gasteiger partial charge in [-0.15, -0.1) is 0 Å². The summed E-state index contributed by atoms with van der Waals surface area (Å²) < 4.78 is 0. The second-order valence-corrected chi connectivity index (χ2v) is 14.8. The molecule has 0 unspecified atom stereocenters. The fourth-order valence-electron chi connectivity index (χ4n) is 8.98. The molecule has 0 atom stereocenters. The Balaban J connectivity index is 1.11. The maximum Gasteiger partial charge on any atom is -0.00262 e. The molecule has 0 saturated carbocycles. The van der Waals surface area contributed by atoms with Crippen LogP contribution in [0.5, 0.6) is 0 Å². The molecule has 0 saturated heterocycles. The summed E-state index contributed by atoms with van der Waals surface area (Å²) in [5, 5.41) is 12.5. The lowest BCUT2D eigenvalue weighted by molar-refractivity contribution is 1.61. The van der Waals surface area contributed by atoms with Crippen LogP contribution >= 0.6 is 0 Å². The molecule has 0 aliphatic rings. The predicted octanol–water partition coefficient (Wildman–Crippen LogP) is 15.8. The van der Waals surface area contributed by atoms with Crippen LogP contribution in [0.1, 0.15) is 0 Å². The van der Waals surface area contributed by atoms with Crippen molar-refractivity contribution in [1.82, 2.24) is 0 Å². The number of rotatable bonds is 5. The van der Waals surface area contributed by atoms with E-state index in [4.69, 9.17) is 0 Å². The van der Waals surface area contributed by atoms with Crippen LogP contribution in [-0.4, -0.2) is 0 Å². The van der Waals surface area contributed by atoms with E-state index >= 15 is 0 Å². The molecule has 0 aliphatic carbocycles. The van der Waals surface area contributed by atoms with Gasteiger partial charge >= 0.3 is 0 Å². The van der Waals surface area contributed by atoms with Gasteiger partial charge in [0, 0.05) is 0 Å². The van der Waals surface area contributed by atoms with Crippen molar-refractivity contribution in [3.63, 3.8) is 0 Å². The molecular formula is C56H36. The van der Waals surface area contributed by atoms with Crippen molar-refractivity contribution < 1.29 is 0 Å². The first-order chi connectivity index (χ1) is 27.8. The first kappa shape index (κ1) is 32.2. The molecule has 0 aliphatic heterocycles. The minimum atomic E-state index is 1.21. The molecule has 0 N–H and O–H groups in total. The van der Waals surface area contributed by atoms with E-state index in [2.05, 4.69) is 218 Å². The Hall–Kier alpha value is -7.28. The first-order valence-corrected chi connectivity index (χ1v) is 19.4. The van der Waals surface area contributed by atoms with Gasteiger partial charge in [-0.1, -0.05) is 194 Å². The third kappa shape index (κ3) is 5.38. The van der Waals surface area contributed by atoms with E-state index in [0.29, 0.717) is 0 Å². The van der Waals surface area contributed by atoms with Crippen molar-refractivity contribution in [2.45, 2.75) is 0 Å². The Morgan fingerprint density at radius 3 is 1.14 bits per heavy atom. The molecule has 0 bridgehead atoms. The topological polar surface area (TPSA) is 0 Å². The van der Waals surface area contributed by atoms with E-state index in [1.807, 2.05) is 0 Å². The Kier molecular flexibility index (Phi) is 7.60. The van der Waals surface area contributed by atoms with E-state index < -0.39 is 0 Å². The van der Waals surface area contributed by atoms with Crippen LogP contribution in [0, 0.1) is 0 Å². The maximum atomic E-state index is 2.41. The lowest BCUT2D eigenvalue weighted by Crippen LogP contribution is -1.92. The van der Waals surface area contributed by atoms with Crippen LogP contribution in [0.2, 0.25) is 0 Å². The molecular weight excluding hydrogens is 673 g/mol. The van der Waals surface area contributed by atoms with Gasteiger partial charge in [0.25, 0.3) is 0 Å². The third-order valence-corrected chi connectivity index (χ3v) is 11.6. The number of hydrogen-bond donors (Lipinski definition) is 0. The summed E-state index contributed by atoms with van der Waals surface area (Å²) in [7, 11) is 0. The van der Waals surface area contributed by atoms with Crippen LogP contribution < -0.4 is 0 Å². The van der Waals surface area contributed by atoms with E-state index in [-0.39, 0.29) is 0 Å². The van der Waals surface area contributed by atoms with Crippen molar-refractivity contribution in [3.05, 3.63) is 218 Å². The van der Waals surface area contributed by atoms with Gasteiger partial charge in [-0.2, -0.15) is 0 Å². The lowest BCUT2D eigenvalue weighted by Gasteiger charge is -2.19. The van der Waals surface area contributed by atoms with Crippen LogP contribution in [0.4, 0.5) is 0 Å². The summed E-state index contributed by atoms with van der Waals surface area (Å²) in [6, 6.07) is 80.5. The molecule has 11 aromatic rings. The standard InChI is InChI=1S/C56H36/c1-3-16-40-33-43(29-27-37(40)13-1)42-18-11-20-45(35-42)55-50-23-7-9-25-52(50)56(53-26-10-8-24-51(53)55)46-21-12-19-44(36-46)49-32-31-39-15-5-6-22-48(39)54(49)47-30-28-38-14-2-4-17-41(38)34-47/h1-36H. The van der Waals surface area contributed by atoms with E-state index in [9.17, 15) is 0 Å².